The predicted molar refractivity (Wildman–Crippen MR) is 88.8 cm³/mol. The normalized spacial score (nSPS) is 11.5. The molecule has 0 fully saturated rings. The maximum absolute atomic E-state index is 13.8. The largest absolute Gasteiger partial charge is 0.278 e. The number of hydrogen-bond acceptors (Lipinski definition) is 2. The Balaban J connectivity index is 2.45. The highest BCUT2D eigenvalue weighted by molar-refractivity contribution is 9.10. The smallest absolute Gasteiger partial charge is 0.264 e. The molecular formula is C13H9Br2ClFNO2S. The van der Waals surface area contributed by atoms with Crippen molar-refractivity contribution in [3.63, 3.8) is 0 Å². The van der Waals surface area contributed by atoms with Crippen LogP contribution >= 0.6 is 43.5 Å². The van der Waals surface area contributed by atoms with Gasteiger partial charge in [-0.1, -0.05) is 27.5 Å². The molecule has 0 saturated carbocycles. The van der Waals surface area contributed by atoms with E-state index in [1.54, 1.807) is 13.0 Å². The van der Waals surface area contributed by atoms with Gasteiger partial charge in [0.25, 0.3) is 10.0 Å². The highest BCUT2D eigenvalue weighted by atomic mass is 79.9. The van der Waals surface area contributed by atoms with Crippen molar-refractivity contribution >= 4 is 59.2 Å². The van der Waals surface area contributed by atoms with Gasteiger partial charge in [0.2, 0.25) is 0 Å². The van der Waals surface area contributed by atoms with E-state index in [9.17, 15) is 12.8 Å². The van der Waals surface area contributed by atoms with Gasteiger partial charge in [0, 0.05) is 14.0 Å². The summed E-state index contributed by atoms with van der Waals surface area (Å²) in [7, 11) is -4.05. The van der Waals surface area contributed by atoms with E-state index in [2.05, 4.69) is 36.6 Å². The number of benzene rings is 2. The van der Waals surface area contributed by atoms with E-state index in [1.807, 2.05) is 0 Å². The highest BCUT2D eigenvalue weighted by Gasteiger charge is 2.20. The Morgan fingerprint density at radius 3 is 2.48 bits per heavy atom. The van der Waals surface area contributed by atoms with E-state index in [-0.39, 0.29) is 5.69 Å². The Bertz CT molecular complexity index is 812. The zero-order chi connectivity index (χ0) is 15.8. The summed E-state index contributed by atoms with van der Waals surface area (Å²) in [5.41, 5.74) is 1.04. The van der Waals surface area contributed by atoms with Gasteiger partial charge in [-0.15, -0.1) is 0 Å². The molecule has 0 aromatic heterocycles. The second-order valence-corrected chi connectivity index (χ2v) is 8.09. The summed E-state index contributed by atoms with van der Waals surface area (Å²) in [4.78, 5) is -0.436. The van der Waals surface area contributed by atoms with Crippen LogP contribution in [0.5, 0.6) is 0 Å². The molecule has 0 aliphatic carbocycles. The van der Waals surface area contributed by atoms with Crippen molar-refractivity contribution in [2.45, 2.75) is 11.8 Å². The Labute approximate surface area is 143 Å². The first-order valence-corrected chi connectivity index (χ1v) is 9.09. The molecule has 112 valence electrons. The number of rotatable bonds is 3. The lowest BCUT2D eigenvalue weighted by atomic mass is 10.2. The molecule has 0 spiro atoms. The quantitative estimate of drug-likeness (QED) is 0.696. The van der Waals surface area contributed by atoms with Gasteiger partial charge >= 0.3 is 0 Å². The summed E-state index contributed by atoms with van der Waals surface area (Å²) < 4.78 is 41.6. The molecule has 2 rings (SSSR count). The van der Waals surface area contributed by atoms with Gasteiger partial charge in [-0.2, -0.15) is 0 Å². The molecule has 2 aromatic carbocycles. The predicted octanol–water partition coefficient (Wildman–Crippen LogP) is 5.11. The molecule has 0 aliphatic rings. The van der Waals surface area contributed by atoms with E-state index < -0.39 is 20.7 Å². The summed E-state index contributed by atoms with van der Waals surface area (Å²) in [6, 6.07) is 6.87. The van der Waals surface area contributed by atoms with Crippen molar-refractivity contribution in [2.75, 3.05) is 4.72 Å². The number of hydrogen-bond donors (Lipinski definition) is 1. The van der Waals surface area contributed by atoms with Crippen molar-refractivity contribution in [1.29, 1.82) is 0 Å². The average Bonchev–Trinajstić information content (AvgIpc) is 2.35. The molecule has 8 heteroatoms. The van der Waals surface area contributed by atoms with Crippen molar-refractivity contribution < 1.29 is 12.8 Å². The van der Waals surface area contributed by atoms with Gasteiger partial charge in [0.05, 0.1) is 5.69 Å². The van der Waals surface area contributed by atoms with Crippen LogP contribution in [-0.4, -0.2) is 8.42 Å². The lowest BCUT2D eigenvalue weighted by molar-refractivity contribution is 0.570. The topological polar surface area (TPSA) is 46.2 Å². The summed E-state index contributed by atoms with van der Waals surface area (Å²) in [5.74, 6) is -0.841. The molecule has 2 aromatic rings. The Kier molecular flexibility index (Phi) is 4.97. The molecule has 0 aliphatic heterocycles. The van der Waals surface area contributed by atoms with Crippen molar-refractivity contribution in [2.24, 2.45) is 0 Å². The average molecular weight is 458 g/mol. The zero-order valence-corrected chi connectivity index (χ0v) is 15.4. The molecule has 1 N–H and O–H groups in total. The Hall–Kier alpha value is -0.630. The summed E-state index contributed by atoms with van der Waals surface area (Å²) >= 11 is 12.3. The number of sulfonamides is 1. The van der Waals surface area contributed by atoms with Crippen LogP contribution < -0.4 is 4.72 Å². The lowest BCUT2D eigenvalue weighted by Crippen LogP contribution is -2.15. The van der Waals surface area contributed by atoms with Crippen LogP contribution in [0, 0.1) is 12.7 Å². The van der Waals surface area contributed by atoms with Crippen LogP contribution in [0.1, 0.15) is 5.56 Å². The van der Waals surface area contributed by atoms with Crippen molar-refractivity contribution in [3.05, 3.63) is 55.7 Å². The van der Waals surface area contributed by atoms with Crippen molar-refractivity contribution in [1.82, 2.24) is 0 Å². The second kappa shape index (κ2) is 6.24. The minimum Gasteiger partial charge on any atom is -0.278 e. The fraction of sp³-hybridized carbons (Fsp3) is 0.0769. The SMILES string of the molecule is Cc1cc(Br)c(NS(=O)(=O)c2ccc(Br)cc2F)cc1Cl. The molecule has 0 heterocycles. The first-order chi connectivity index (χ1) is 9.70. The fourth-order valence-electron chi connectivity index (χ4n) is 1.62. The minimum atomic E-state index is -4.05. The maximum atomic E-state index is 13.8. The van der Waals surface area contributed by atoms with Gasteiger partial charge in [0.15, 0.2) is 0 Å². The van der Waals surface area contributed by atoms with Crippen LogP contribution in [0.15, 0.2) is 44.2 Å². The lowest BCUT2D eigenvalue weighted by Gasteiger charge is -2.12. The van der Waals surface area contributed by atoms with Crippen LogP contribution in [0.4, 0.5) is 10.1 Å². The van der Waals surface area contributed by atoms with E-state index >= 15 is 0 Å². The molecule has 3 nitrogen and oxygen atoms in total. The van der Waals surface area contributed by atoms with Crippen LogP contribution in [-0.2, 0) is 10.0 Å². The van der Waals surface area contributed by atoms with Crippen LogP contribution in [0.25, 0.3) is 0 Å². The molecule has 0 unspecified atom stereocenters. The third-order valence-corrected chi connectivity index (χ3v) is 5.63. The van der Waals surface area contributed by atoms with E-state index in [0.717, 1.165) is 11.6 Å². The number of aryl methyl sites for hydroxylation is 1. The fourth-order valence-corrected chi connectivity index (χ4v) is 3.93. The molecule has 0 saturated heterocycles. The maximum Gasteiger partial charge on any atom is 0.264 e. The van der Waals surface area contributed by atoms with Gasteiger partial charge < -0.3 is 0 Å². The Morgan fingerprint density at radius 2 is 1.86 bits per heavy atom. The third kappa shape index (κ3) is 3.77. The molecule has 0 amide bonds. The van der Waals surface area contributed by atoms with Gasteiger partial charge in [-0.05, 0) is 58.7 Å². The zero-order valence-electron chi connectivity index (χ0n) is 10.6. The van der Waals surface area contributed by atoms with E-state index in [4.69, 9.17) is 11.6 Å². The first kappa shape index (κ1) is 16.7. The standard InChI is InChI=1S/C13H9Br2ClFNO2S/c1-7-4-9(15)12(6-10(7)16)18-21(19,20)13-3-2-8(14)5-11(13)17/h2-6,18H,1H3. The highest BCUT2D eigenvalue weighted by Crippen LogP contribution is 2.31. The summed E-state index contributed by atoms with van der Waals surface area (Å²) in [5, 5.41) is 0.409. The van der Waals surface area contributed by atoms with Crippen LogP contribution in [0.3, 0.4) is 0 Å². The molecule has 21 heavy (non-hydrogen) atoms. The molecule has 0 radical (unpaired) electrons. The number of nitrogens with one attached hydrogen (secondary N) is 1. The van der Waals surface area contributed by atoms with E-state index in [0.29, 0.717) is 14.0 Å². The van der Waals surface area contributed by atoms with Crippen LogP contribution in [0.2, 0.25) is 5.02 Å². The van der Waals surface area contributed by atoms with Gasteiger partial charge in [0.1, 0.15) is 10.7 Å². The minimum absolute atomic E-state index is 0.243. The van der Waals surface area contributed by atoms with Gasteiger partial charge in [-0.3, -0.25) is 4.72 Å². The number of anilines is 1. The summed E-state index contributed by atoms with van der Waals surface area (Å²) in [6.07, 6.45) is 0. The first-order valence-electron chi connectivity index (χ1n) is 5.64. The molecule has 0 atom stereocenters. The number of halogens is 4. The second-order valence-electron chi connectivity index (χ2n) is 4.26. The third-order valence-electron chi connectivity index (χ3n) is 2.68. The summed E-state index contributed by atoms with van der Waals surface area (Å²) in [6.45, 7) is 1.79. The van der Waals surface area contributed by atoms with Gasteiger partial charge in [-0.25, -0.2) is 12.8 Å². The van der Waals surface area contributed by atoms with Crippen molar-refractivity contribution in [3.8, 4) is 0 Å². The molecular weight excluding hydrogens is 448 g/mol. The Morgan fingerprint density at radius 1 is 1.19 bits per heavy atom. The monoisotopic (exact) mass is 455 g/mol. The van der Waals surface area contributed by atoms with E-state index in [1.165, 1.54) is 18.2 Å². The molecule has 0 bridgehead atoms.